The maximum atomic E-state index is 13.7. The highest BCUT2D eigenvalue weighted by Crippen LogP contribution is 2.75. The average molecular weight is 528 g/mol. The van der Waals surface area contributed by atoms with Gasteiger partial charge in [-0.3, -0.25) is 9.69 Å². The van der Waals surface area contributed by atoms with E-state index in [1.165, 1.54) is 11.1 Å². The van der Waals surface area contributed by atoms with Gasteiger partial charge in [-0.15, -0.1) is 0 Å². The largest absolute Gasteiger partial charge is 0.508 e. The van der Waals surface area contributed by atoms with Crippen molar-refractivity contribution in [2.24, 2.45) is 17.3 Å². The second kappa shape index (κ2) is 8.23. The number of fused-ring (bicyclic) bond motifs is 1. The van der Waals surface area contributed by atoms with Crippen LogP contribution in [0.2, 0.25) is 0 Å². The van der Waals surface area contributed by atoms with Crippen molar-refractivity contribution >= 4 is 12.0 Å². The molecule has 7 heteroatoms. The van der Waals surface area contributed by atoms with E-state index < -0.39 is 6.09 Å². The quantitative estimate of drug-likeness (QED) is 0.620. The Morgan fingerprint density at radius 3 is 2.67 bits per heavy atom. The van der Waals surface area contributed by atoms with Gasteiger partial charge in [0.05, 0.1) is 0 Å². The van der Waals surface area contributed by atoms with Crippen LogP contribution in [0.1, 0.15) is 60.0 Å². The van der Waals surface area contributed by atoms with Gasteiger partial charge < -0.3 is 20.0 Å². The number of aromatic hydroxyl groups is 1. The van der Waals surface area contributed by atoms with E-state index in [1.54, 1.807) is 4.90 Å². The zero-order valence-corrected chi connectivity index (χ0v) is 22.3. The lowest BCUT2D eigenvalue weighted by Gasteiger charge is -2.66. The fourth-order valence-corrected chi connectivity index (χ4v) is 10.8. The lowest BCUT2D eigenvalue weighted by molar-refractivity contribution is -0.104. The Morgan fingerprint density at radius 2 is 1.85 bits per heavy atom. The second-order valence-corrected chi connectivity index (χ2v) is 13.1. The lowest BCUT2D eigenvalue weighted by Crippen LogP contribution is -2.70. The monoisotopic (exact) mass is 527 g/mol. The van der Waals surface area contributed by atoms with E-state index >= 15 is 0 Å². The van der Waals surface area contributed by atoms with Crippen LogP contribution in [0.5, 0.6) is 5.75 Å². The molecule has 2 N–H and O–H groups in total. The summed E-state index contributed by atoms with van der Waals surface area (Å²) in [4.78, 5) is 32.2. The molecule has 7 atom stereocenters. The maximum Gasteiger partial charge on any atom is 0.407 e. The van der Waals surface area contributed by atoms with Crippen molar-refractivity contribution in [3.05, 3.63) is 65.2 Å². The third kappa shape index (κ3) is 3.03. The number of likely N-dealkylation sites (tertiary alicyclic amines) is 3. The molecule has 2 amide bonds. The molecule has 8 rings (SSSR count). The number of benzene rings is 2. The third-order valence-electron chi connectivity index (χ3n) is 11.9. The van der Waals surface area contributed by atoms with E-state index in [-0.39, 0.29) is 28.8 Å². The van der Waals surface area contributed by atoms with Crippen LogP contribution in [-0.2, 0) is 11.8 Å². The molecule has 0 spiro atoms. The molecule has 4 bridgehead atoms. The molecule has 0 unspecified atom stereocenters. The minimum atomic E-state index is -0.787. The molecule has 2 aromatic carbocycles. The molecule has 3 heterocycles. The Bertz CT molecular complexity index is 1350. The van der Waals surface area contributed by atoms with Crippen LogP contribution in [0.3, 0.4) is 0 Å². The molecule has 7 nitrogen and oxygen atoms in total. The number of amides is 2. The summed E-state index contributed by atoms with van der Waals surface area (Å²) in [6, 6.07) is 16.5. The summed E-state index contributed by atoms with van der Waals surface area (Å²) in [5, 5.41) is 20.5. The van der Waals surface area contributed by atoms with E-state index in [0.717, 1.165) is 70.1 Å². The highest BCUT2D eigenvalue weighted by atomic mass is 16.4. The molecule has 3 aliphatic carbocycles. The molecule has 6 aliphatic rings. The van der Waals surface area contributed by atoms with Gasteiger partial charge in [0.25, 0.3) is 5.91 Å². The number of carbonyl (C=O) groups is 2. The van der Waals surface area contributed by atoms with E-state index in [0.29, 0.717) is 30.2 Å². The summed E-state index contributed by atoms with van der Waals surface area (Å²) < 4.78 is 0. The van der Waals surface area contributed by atoms with Crippen molar-refractivity contribution in [2.45, 2.75) is 68.5 Å². The van der Waals surface area contributed by atoms with Gasteiger partial charge in [-0.2, -0.15) is 0 Å². The highest BCUT2D eigenvalue weighted by molar-refractivity contribution is 5.94. The molecule has 0 aromatic heterocycles. The number of carboxylic acid groups (broad SMARTS) is 1. The summed E-state index contributed by atoms with van der Waals surface area (Å²) >= 11 is 0. The first-order valence-electron chi connectivity index (χ1n) is 14.8. The van der Waals surface area contributed by atoms with Gasteiger partial charge in [0, 0.05) is 48.7 Å². The number of rotatable bonds is 3. The van der Waals surface area contributed by atoms with E-state index in [2.05, 4.69) is 21.9 Å². The van der Waals surface area contributed by atoms with Crippen molar-refractivity contribution in [1.82, 2.24) is 14.7 Å². The van der Waals surface area contributed by atoms with Gasteiger partial charge in [-0.1, -0.05) is 24.3 Å². The molecule has 2 saturated carbocycles. The topological polar surface area (TPSA) is 84.3 Å². The Balaban J connectivity index is 1.20. The van der Waals surface area contributed by atoms with Crippen molar-refractivity contribution in [1.29, 1.82) is 0 Å². The smallest absolute Gasteiger partial charge is 0.407 e. The van der Waals surface area contributed by atoms with Crippen LogP contribution < -0.4 is 0 Å². The third-order valence-corrected chi connectivity index (χ3v) is 11.9. The van der Waals surface area contributed by atoms with Crippen LogP contribution in [0.15, 0.2) is 48.5 Å². The summed E-state index contributed by atoms with van der Waals surface area (Å²) in [6.07, 6.45) is 6.34. The summed E-state index contributed by atoms with van der Waals surface area (Å²) in [6.45, 7) is 3.24. The van der Waals surface area contributed by atoms with E-state index in [1.807, 2.05) is 36.4 Å². The van der Waals surface area contributed by atoms with Crippen molar-refractivity contribution < 1.29 is 19.8 Å². The highest BCUT2D eigenvalue weighted by Gasteiger charge is 2.76. The van der Waals surface area contributed by atoms with Crippen molar-refractivity contribution in [3.63, 3.8) is 0 Å². The lowest BCUT2D eigenvalue weighted by atomic mass is 9.43. The minimum absolute atomic E-state index is 0.0397. The molecule has 2 aromatic rings. The second-order valence-electron chi connectivity index (χ2n) is 13.1. The molecular formula is C32H37N3O4. The van der Waals surface area contributed by atoms with Crippen LogP contribution >= 0.6 is 0 Å². The molecule has 204 valence electrons. The Morgan fingerprint density at radius 1 is 1.00 bits per heavy atom. The molecular weight excluding hydrogens is 490 g/mol. The minimum Gasteiger partial charge on any atom is -0.508 e. The average Bonchev–Trinajstić information content (AvgIpc) is 3.59. The zero-order valence-electron chi connectivity index (χ0n) is 22.3. The number of hydrogen-bond acceptors (Lipinski definition) is 4. The van der Waals surface area contributed by atoms with Crippen LogP contribution in [0.25, 0.3) is 0 Å². The van der Waals surface area contributed by atoms with Crippen LogP contribution in [-0.4, -0.2) is 81.2 Å². The fourth-order valence-electron chi connectivity index (χ4n) is 10.8. The summed E-state index contributed by atoms with van der Waals surface area (Å²) in [7, 11) is 0. The summed E-state index contributed by atoms with van der Waals surface area (Å²) in [5.41, 5.74) is 3.54. The first-order chi connectivity index (χ1) is 18.9. The SMILES string of the molecule is O=C(O)N1CCC[C@H]1CN1CC[C@@]23c4cc(O)ccc4C[C@@H]1[C@]21CC[C@@H]2[C@H]3[C@@H](CN2C(=O)c2ccccc2)C1. The van der Waals surface area contributed by atoms with Crippen molar-refractivity contribution in [2.75, 3.05) is 26.2 Å². The molecule has 5 fully saturated rings. The van der Waals surface area contributed by atoms with Crippen molar-refractivity contribution in [3.8, 4) is 5.75 Å². The maximum absolute atomic E-state index is 13.7. The van der Waals surface area contributed by atoms with Gasteiger partial charge >= 0.3 is 6.09 Å². The van der Waals surface area contributed by atoms with Crippen LogP contribution in [0, 0.1) is 17.3 Å². The van der Waals surface area contributed by atoms with Gasteiger partial charge in [0.1, 0.15) is 5.75 Å². The molecule has 0 radical (unpaired) electrons. The normalized spacial score (nSPS) is 38.0. The number of hydrogen-bond donors (Lipinski definition) is 2. The predicted molar refractivity (Wildman–Crippen MR) is 146 cm³/mol. The number of carbonyl (C=O) groups excluding carboxylic acids is 1. The van der Waals surface area contributed by atoms with Gasteiger partial charge in [0.15, 0.2) is 0 Å². The number of phenols is 1. The first-order valence-corrected chi connectivity index (χ1v) is 14.8. The van der Waals surface area contributed by atoms with Crippen LogP contribution in [0.4, 0.5) is 4.79 Å². The summed E-state index contributed by atoms with van der Waals surface area (Å²) in [5.74, 6) is 1.38. The van der Waals surface area contributed by atoms with Gasteiger partial charge in [-0.25, -0.2) is 4.79 Å². The fraction of sp³-hybridized carbons (Fsp3) is 0.562. The Labute approximate surface area is 229 Å². The zero-order chi connectivity index (χ0) is 26.5. The van der Waals surface area contributed by atoms with Gasteiger partial charge in [-0.05, 0) is 104 Å². The Kier molecular flexibility index (Phi) is 5.02. The molecule has 3 aliphatic heterocycles. The van der Waals surface area contributed by atoms with Gasteiger partial charge in [0.2, 0.25) is 0 Å². The van der Waals surface area contributed by atoms with E-state index in [9.17, 15) is 19.8 Å². The molecule has 39 heavy (non-hydrogen) atoms. The Hall–Kier alpha value is -3.06. The number of piperidine rings is 1. The number of nitrogens with zero attached hydrogens (tertiary/aromatic N) is 3. The predicted octanol–water partition coefficient (Wildman–Crippen LogP) is 4.34. The molecule has 3 saturated heterocycles. The van der Waals surface area contributed by atoms with E-state index in [4.69, 9.17) is 0 Å². The number of phenolic OH excluding ortho intramolecular Hbond substituents is 1. The first kappa shape index (κ1) is 23.8. The standard InChI is InChI=1S/C32H37N3O4/c36-24-9-8-21-15-27-31-11-10-26-28(22(17-31)18-35(26)29(37)20-5-2-1-3-6-20)32(31,25(21)16-24)12-14-33(27)19-23-7-4-13-34(23)30(38)39/h1-3,5-6,8-9,16,22-23,26-28,36H,4,7,10-15,17-19H2,(H,38,39)/t22-,23+,26-,27-,28-,31-,32+/m1/s1.